The number of aromatic nitrogens is 2. The summed E-state index contributed by atoms with van der Waals surface area (Å²) >= 11 is 3.33. The van der Waals surface area contributed by atoms with Crippen LogP contribution in [-0.2, 0) is 10.0 Å². The van der Waals surface area contributed by atoms with Gasteiger partial charge < -0.3 is 4.74 Å². The molecule has 1 aromatic heterocycles. The Hall–Kier alpha value is -3.01. The molecule has 0 saturated heterocycles. The van der Waals surface area contributed by atoms with Crippen LogP contribution in [0.3, 0.4) is 0 Å². The number of aryl methyl sites for hydroxylation is 1. The SMILES string of the molecule is COc1ccc(C)cc1-n1c(C(C)N(C)S(=O)(=O)c2ccc(Br)cc2)nc2ccccc2c1=O. The highest BCUT2D eigenvalue weighted by atomic mass is 79.9. The molecule has 0 N–H and O–H groups in total. The highest BCUT2D eigenvalue weighted by Crippen LogP contribution is 2.30. The molecular weight excluding hydrogens is 518 g/mol. The van der Waals surface area contributed by atoms with Crippen molar-refractivity contribution < 1.29 is 13.2 Å². The first-order valence-corrected chi connectivity index (χ1v) is 12.8. The van der Waals surface area contributed by atoms with E-state index >= 15 is 0 Å². The number of sulfonamides is 1. The number of ether oxygens (including phenoxy) is 1. The molecule has 0 bridgehead atoms. The van der Waals surface area contributed by atoms with E-state index in [-0.39, 0.29) is 16.3 Å². The fraction of sp³-hybridized carbons (Fsp3) is 0.200. The maximum Gasteiger partial charge on any atom is 0.266 e. The van der Waals surface area contributed by atoms with E-state index in [1.807, 2.05) is 19.1 Å². The molecule has 0 fully saturated rings. The molecule has 1 heterocycles. The van der Waals surface area contributed by atoms with E-state index in [4.69, 9.17) is 9.72 Å². The molecule has 176 valence electrons. The molecule has 0 aliphatic heterocycles. The smallest absolute Gasteiger partial charge is 0.266 e. The molecule has 4 rings (SSSR count). The molecule has 0 spiro atoms. The minimum atomic E-state index is -3.87. The minimum absolute atomic E-state index is 0.146. The Kier molecular flexibility index (Phi) is 6.62. The lowest BCUT2D eigenvalue weighted by Gasteiger charge is -2.27. The van der Waals surface area contributed by atoms with Crippen LogP contribution in [-0.4, -0.2) is 36.4 Å². The molecule has 1 atom stereocenters. The van der Waals surface area contributed by atoms with E-state index in [9.17, 15) is 13.2 Å². The minimum Gasteiger partial charge on any atom is -0.495 e. The van der Waals surface area contributed by atoms with Crippen molar-refractivity contribution in [1.82, 2.24) is 13.9 Å². The molecule has 34 heavy (non-hydrogen) atoms. The first-order valence-electron chi connectivity index (χ1n) is 10.6. The molecule has 9 heteroatoms. The lowest BCUT2D eigenvalue weighted by Crippen LogP contribution is -2.35. The fourth-order valence-electron chi connectivity index (χ4n) is 3.78. The van der Waals surface area contributed by atoms with Crippen LogP contribution >= 0.6 is 15.9 Å². The van der Waals surface area contributed by atoms with Crippen LogP contribution in [0.5, 0.6) is 5.75 Å². The van der Waals surface area contributed by atoms with Gasteiger partial charge in [0.05, 0.1) is 34.6 Å². The predicted octanol–water partition coefficient (Wildman–Crippen LogP) is 4.85. The quantitative estimate of drug-likeness (QED) is 0.348. The van der Waals surface area contributed by atoms with E-state index in [0.717, 1.165) is 10.0 Å². The number of halogens is 1. The molecule has 7 nitrogen and oxygen atoms in total. The lowest BCUT2D eigenvalue weighted by molar-refractivity contribution is 0.376. The van der Waals surface area contributed by atoms with Gasteiger partial charge in [-0.3, -0.25) is 9.36 Å². The first kappa shape index (κ1) is 24.1. The number of hydrogen-bond donors (Lipinski definition) is 0. The van der Waals surface area contributed by atoms with E-state index < -0.39 is 16.1 Å². The Morgan fingerprint density at radius 1 is 1.06 bits per heavy atom. The van der Waals surface area contributed by atoms with Crippen molar-refractivity contribution in [3.8, 4) is 11.4 Å². The predicted molar refractivity (Wildman–Crippen MR) is 136 cm³/mol. The third kappa shape index (κ3) is 4.26. The maximum absolute atomic E-state index is 13.7. The summed E-state index contributed by atoms with van der Waals surface area (Å²) in [7, 11) is -0.850. The molecule has 3 aromatic carbocycles. The average Bonchev–Trinajstić information content (AvgIpc) is 2.83. The monoisotopic (exact) mass is 541 g/mol. The number of benzene rings is 3. The summed E-state index contributed by atoms with van der Waals surface area (Å²) in [6, 6.07) is 18.2. The maximum atomic E-state index is 13.7. The molecule has 4 aromatic rings. The zero-order valence-electron chi connectivity index (χ0n) is 19.2. The van der Waals surface area contributed by atoms with Crippen molar-refractivity contribution in [2.24, 2.45) is 0 Å². The van der Waals surface area contributed by atoms with E-state index in [2.05, 4.69) is 15.9 Å². The Morgan fingerprint density at radius 3 is 2.41 bits per heavy atom. The summed E-state index contributed by atoms with van der Waals surface area (Å²) < 4.78 is 35.8. The van der Waals surface area contributed by atoms with Crippen molar-refractivity contribution in [2.45, 2.75) is 24.8 Å². The zero-order chi connectivity index (χ0) is 24.6. The molecule has 0 aliphatic carbocycles. The normalized spacial score (nSPS) is 12.8. The second kappa shape index (κ2) is 9.32. The fourth-order valence-corrected chi connectivity index (χ4v) is 5.37. The topological polar surface area (TPSA) is 81.5 Å². The van der Waals surface area contributed by atoms with Crippen LogP contribution in [0.2, 0.25) is 0 Å². The van der Waals surface area contributed by atoms with Gasteiger partial charge in [-0.05, 0) is 67.9 Å². The van der Waals surface area contributed by atoms with Gasteiger partial charge in [-0.1, -0.05) is 34.1 Å². The number of fused-ring (bicyclic) bond motifs is 1. The van der Waals surface area contributed by atoms with Gasteiger partial charge in [0, 0.05) is 11.5 Å². The van der Waals surface area contributed by atoms with Crippen molar-refractivity contribution >= 4 is 36.9 Å². The summed E-state index contributed by atoms with van der Waals surface area (Å²) in [5, 5.41) is 0.431. The van der Waals surface area contributed by atoms with E-state index in [1.165, 1.54) is 35.2 Å². The van der Waals surface area contributed by atoms with Crippen molar-refractivity contribution in [3.63, 3.8) is 0 Å². The summed E-state index contributed by atoms with van der Waals surface area (Å²) in [6.07, 6.45) is 0. The van der Waals surface area contributed by atoms with Gasteiger partial charge in [0.25, 0.3) is 5.56 Å². The second-order valence-electron chi connectivity index (χ2n) is 7.95. The highest BCUT2D eigenvalue weighted by molar-refractivity contribution is 9.10. The number of rotatable bonds is 6. The van der Waals surface area contributed by atoms with Gasteiger partial charge in [0.15, 0.2) is 0 Å². The van der Waals surface area contributed by atoms with Crippen LogP contribution in [0.1, 0.15) is 24.4 Å². The third-order valence-electron chi connectivity index (χ3n) is 5.79. The van der Waals surface area contributed by atoms with Crippen LogP contribution in [0, 0.1) is 6.92 Å². The largest absolute Gasteiger partial charge is 0.495 e. The van der Waals surface area contributed by atoms with Crippen molar-refractivity contribution in [2.75, 3.05) is 14.2 Å². The van der Waals surface area contributed by atoms with Gasteiger partial charge in [-0.2, -0.15) is 4.31 Å². The lowest BCUT2D eigenvalue weighted by atomic mass is 10.1. The zero-order valence-corrected chi connectivity index (χ0v) is 21.6. The van der Waals surface area contributed by atoms with Crippen LogP contribution in [0.15, 0.2) is 80.9 Å². The third-order valence-corrected chi connectivity index (χ3v) is 8.26. The molecule has 0 aliphatic rings. The second-order valence-corrected chi connectivity index (χ2v) is 10.9. The Bertz CT molecular complexity index is 1530. The molecule has 0 amide bonds. The standard InChI is InChI=1S/C25H24BrN3O4S/c1-16-9-14-23(33-4)22(15-16)29-24(27-21-8-6-5-7-20(21)25(29)30)17(2)28(3)34(31,32)19-12-10-18(26)11-13-19/h5-15,17H,1-4H3. The first-order chi connectivity index (χ1) is 16.1. The number of methoxy groups -OCH3 is 1. The Balaban J connectivity index is 1.96. The van der Waals surface area contributed by atoms with Gasteiger partial charge in [-0.25, -0.2) is 13.4 Å². The Labute approximate surface area is 206 Å². The Morgan fingerprint density at radius 2 is 1.74 bits per heavy atom. The van der Waals surface area contributed by atoms with Gasteiger partial charge >= 0.3 is 0 Å². The van der Waals surface area contributed by atoms with Gasteiger partial charge in [-0.15, -0.1) is 0 Å². The van der Waals surface area contributed by atoms with Crippen LogP contribution in [0.25, 0.3) is 16.6 Å². The van der Waals surface area contributed by atoms with Gasteiger partial charge in [0.2, 0.25) is 10.0 Å². The molecular formula is C25H24BrN3O4S. The molecule has 0 radical (unpaired) electrons. The number of hydrogen-bond acceptors (Lipinski definition) is 5. The van der Waals surface area contributed by atoms with Crippen molar-refractivity contribution in [1.29, 1.82) is 0 Å². The molecule has 0 saturated carbocycles. The number of para-hydroxylation sites is 1. The summed E-state index contributed by atoms with van der Waals surface area (Å²) in [6.45, 7) is 3.63. The van der Waals surface area contributed by atoms with Crippen LogP contribution in [0.4, 0.5) is 0 Å². The van der Waals surface area contributed by atoms with E-state index in [0.29, 0.717) is 22.3 Å². The van der Waals surface area contributed by atoms with E-state index in [1.54, 1.807) is 49.4 Å². The van der Waals surface area contributed by atoms with Crippen LogP contribution < -0.4 is 10.3 Å². The number of nitrogens with zero attached hydrogens (tertiary/aromatic N) is 3. The van der Waals surface area contributed by atoms with Gasteiger partial charge in [0.1, 0.15) is 11.6 Å². The molecule has 1 unspecified atom stereocenters. The summed E-state index contributed by atoms with van der Waals surface area (Å²) in [5.74, 6) is 0.771. The summed E-state index contributed by atoms with van der Waals surface area (Å²) in [5.41, 5.74) is 1.62. The van der Waals surface area contributed by atoms with Crippen molar-refractivity contribution in [3.05, 3.63) is 92.9 Å². The highest BCUT2D eigenvalue weighted by Gasteiger charge is 2.30. The average molecular weight is 542 g/mol. The summed E-state index contributed by atoms with van der Waals surface area (Å²) in [4.78, 5) is 18.6.